The Morgan fingerprint density at radius 3 is 2.57 bits per heavy atom. The van der Waals surface area contributed by atoms with Gasteiger partial charge in [-0.2, -0.15) is 0 Å². The average molecular weight is 310 g/mol. The number of carbonyl (C=O) groups is 1. The first-order chi connectivity index (χ1) is 9.87. The van der Waals surface area contributed by atoms with Crippen molar-refractivity contribution in [3.05, 3.63) is 16.1 Å². The molecule has 1 aliphatic rings. The predicted octanol–water partition coefficient (Wildman–Crippen LogP) is 4.26. The lowest BCUT2D eigenvalue weighted by molar-refractivity contribution is 0.0491. The van der Waals surface area contributed by atoms with Gasteiger partial charge in [-0.25, -0.2) is 9.78 Å². The molecule has 0 unspecified atom stereocenters. The summed E-state index contributed by atoms with van der Waals surface area (Å²) >= 11 is 1.78. The van der Waals surface area contributed by atoms with Gasteiger partial charge in [0.05, 0.1) is 10.7 Å². The minimum atomic E-state index is -0.432. The second-order valence-electron chi connectivity index (χ2n) is 6.73. The quantitative estimate of drug-likeness (QED) is 0.907. The largest absolute Gasteiger partial charge is 0.444 e. The van der Waals surface area contributed by atoms with E-state index in [2.05, 4.69) is 17.6 Å². The number of alkyl carbamates (subject to hydrolysis) is 1. The highest BCUT2D eigenvalue weighted by molar-refractivity contribution is 7.09. The summed E-state index contributed by atoms with van der Waals surface area (Å²) in [6.45, 7) is 7.80. The number of rotatable bonds is 3. The first-order valence-corrected chi connectivity index (χ1v) is 8.69. The molecule has 4 nitrogen and oxygen atoms in total. The van der Waals surface area contributed by atoms with E-state index >= 15 is 0 Å². The van der Waals surface area contributed by atoms with Crippen LogP contribution in [0.15, 0.2) is 5.38 Å². The topological polar surface area (TPSA) is 51.2 Å². The Bertz CT molecular complexity index is 471. The van der Waals surface area contributed by atoms with Crippen LogP contribution >= 0.6 is 11.3 Å². The molecule has 1 aliphatic carbocycles. The van der Waals surface area contributed by atoms with Gasteiger partial charge in [-0.1, -0.05) is 6.92 Å². The highest BCUT2D eigenvalue weighted by atomic mass is 32.1. The van der Waals surface area contributed by atoms with E-state index in [-0.39, 0.29) is 12.1 Å². The molecule has 0 spiro atoms. The van der Waals surface area contributed by atoms with Crippen LogP contribution in [0.2, 0.25) is 0 Å². The first kappa shape index (κ1) is 16.3. The first-order valence-electron chi connectivity index (χ1n) is 7.81. The summed E-state index contributed by atoms with van der Waals surface area (Å²) < 4.78 is 5.31. The molecule has 1 amide bonds. The fourth-order valence-electron chi connectivity index (χ4n) is 2.63. The lowest BCUT2D eigenvalue weighted by Crippen LogP contribution is -2.40. The van der Waals surface area contributed by atoms with Crippen molar-refractivity contribution in [3.8, 4) is 0 Å². The molecule has 2 rings (SSSR count). The molecule has 118 valence electrons. The zero-order valence-corrected chi connectivity index (χ0v) is 14.3. The molecule has 1 saturated carbocycles. The second kappa shape index (κ2) is 6.77. The van der Waals surface area contributed by atoms with Crippen molar-refractivity contribution in [2.24, 2.45) is 0 Å². The van der Waals surface area contributed by atoms with E-state index in [0.717, 1.165) is 32.1 Å². The van der Waals surface area contributed by atoms with Crippen molar-refractivity contribution in [3.63, 3.8) is 0 Å². The van der Waals surface area contributed by atoms with Crippen molar-refractivity contribution >= 4 is 17.4 Å². The molecule has 0 aliphatic heterocycles. The monoisotopic (exact) mass is 310 g/mol. The van der Waals surface area contributed by atoms with E-state index in [1.165, 1.54) is 10.7 Å². The van der Waals surface area contributed by atoms with Crippen molar-refractivity contribution in [2.45, 2.75) is 77.4 Å². The highest BCUT2D eigenvalue weighted by Crippen LogP contribution is 2.34. The van der Waals surface area contributed by atoms with Gasteiger partial charge in [0.2, 0.25) is 0 Å². The fraction of sp³-hybridized carbons (Fsp3) is 0.750. The van der Waals surface area contributed by atoms with Gasteiger partial charge in [0.25, 0.3) is 0 Å². The predicted molar refractivity (Wildman–Crippen MR) is 85.9 cm³/mol. The number of thiazole rings is 1. The molecule has 1 heterocycles. The average Bonchev–Trinajstić information content (AvgIpc) is 2.86. The van der Waals surface area contributed by atoms with Crippen LogP contribution < -0.4 is 5.32 Å². The Hall–Kier alpha value is -1.10. The van der Waals surface area contributed by atoms with Crippen LogP contribution in [0, 0.1) is 0 Å². The van der Waals surface area contributed by atoms with Crippen molar-refractivity contribution in [1.82, 2.24) is 10.3 Å². The van der Waals surface area contributed by atoms with Crippen LogP contribution in [-0.2, 0) is 11.2 Å². The van der Waals surface area contributed by atoms with Crippen LogP contribution in [0.1, 0.15) is 70.0 Å². The van der Waals surface area contributed by atoms with Gasteiger partial charge < -0.3 is 10.1 Å². The maximum absolute atomic E-state index is 11.8. The van der Waals surface area contributed by atoms with Crippen LogP contribution in [0.25, 0.3) is 0 Å². The number of ether oxygens (including phenoxy) is 1. The molecule has 1 aromatic rings. The maximum atomic E-state index is 11.8. The number of hydrogen-bond acceptors (Lipinski definition) is 4. The zero-order chi connectivity index (χ0) is 15.5. The zero-order valence-electron chi connectivity index (χ0n) is 13.4. The van der Waals surface area contributed by atoms with Gasteiger partial charge in [-0.15, -0.1) is 11.3 Å². The van der Waals surface area contributed by atoms with E-state index < -0.39 is 5.60 Å². The molecular formula is C16H26N2O2S. The van der Waals surface area contributed by atoms with Crippen molar-refractivity contribution in [2.75, 3.05) is 0 Å². The second-order valence-corrected chi connectivity index (χ2v) is 7.62. The van der Waals surface area contributed by atoms with Gasteiger partial charge in [-0.3, -0.25) is 0 Å². The van der Waals surface area contributed by atoms with E-state index in [4.69, 9.17) is 9.72 Å². The van der Waals surface area contributed by atoms with Gasteiger partial charge in [0.15, 0.2) is 0 Å². The summed E-state index contributed by atoms with van der Waals surface area (Å²) in [6.07, 6.45) is 4.91. The standard InChI is InChI=1S/C16H26N2O2S/c1-5-12-10-21-14(17-12)11-6-8-13(9-7-11)18-15(19)20-16(2,3)4/h10-11,13H,5-9H2,1-4H3,(H,18,19). The lowest BCUT2D eigenvalue weighted by Gasteiger charge is -2.29. The fourth-order valence-corrected chi connectivity index (χ4v) is 3.71. The van der Waals surface area contributed by atoms with Gasteiger partial charge in [-0.05, 0) is 52.9 Å². The third kappa shape index (κ3) is 4.99. The van der Waals surface area contributed by atoms with Gasteiger partial charge in [0.1, 0.15) is 5.60 Å². The number of aryl methyl sites for hydroxylation is 1. The Balaban J connectivity index is 1.79. The summed E-state index contributed by atoms with van der Waals surface area (Å²) in [6, 6.07) is 0.238. The van der Waals surface area contributed by atoms with Crippen LogP contribution in [-0.4, -0.2) is 22.7 Å². The van der Waals surface area contributed by atoms with Crippen LogP contribution in [0.5, 0.6) is 0 Å². The summed E-state index contributed by atoms with van der Waals surface area (Å²) in [7, 11) is 0. The summed E-state index contributed by atoms with van der Waals surface area (Å²) in [5.41, 5.74) is 0.766. The van der Waals surface area contributed by atoms with Crippen LogP contribution in [0.4, 0.5) is 4.79 Å². The molecule has 21 heavy (non-hydrogen) atoms. The number of nitrogens with one attached hydrogen (secondary N) is 1. The van der Waals surface area contributed by atoms with E-state index in [1.807, 2.05) is 20.8 Å². The lowest BCUT2D eigenvalue weighted by atomic mass is 9.86. The van der Waals surface area contributed by atoms with E-state index in [9.17, 15) is 4.79 Å². The third-order valence-corrected chi connectivity index (χ3v) is 4.79. The Morgan fingerprint density at radius 1 is 1.38 bits per heavy atom. The summed E-state index contributed by atoms with van der Waals surface area (Å²) in [5, 5.41) is 6.42. The number of nitrogens with zero attached hydrogens (tertiary/aromatic N) is 1. The third-order valence-electron chi connectivity index (χ3n) is 3.73. The van der Waals surface area contributed by atoms with E-state index in [1.54, 1.807) is 11.3 Å². The minimum Gasteiger partial charge on any atom is -0.444 e. The van der Waals surface area contributed by atoms with Gasteiger partial charge >= 0.3 is 6.09 Å². The number of amides is 1. The molecule has 5 heteroatoms. The Labute approximate surface area is 131 Å². The Kier molecular flexibility index (Phi) is 5.25. The van der Waals surface area contributed by atoms with E-state index in [0.29, 0.717) is 5.92 Å². The minimum absolute atomic E-state index is 0.238. The SMILES string of the molecule is CCc1csc(C2CCC(NC(=O)OC(C)(C)C)CC2)n1. The molecule has 1 N–H and O–H groups in total. The number of hydrogen-bond donors (Lipinski definition) is 1. The summed E-state index contributed by atoms with van der Waals surface area (Å²) in [4.78, 5) is 16.5. The smallest absolute Gasteiger partial charge is 0.407 e. The normalized spacial score (nSPS) is 22.9. The molecule has 0 bridgehead atoms. The van der Waals surface area contributed by atoms with Gasteiger partial charge in [0, 0.05) is 17.3 Å². The maximum Gasteiger partial charge on any atom is 0.407 e. The van der Waals surface area contributed by atoms with Crippen molar-refractivity contribution in [1.29, 1.82) is 0 Å². The number of aromatic nitrogens is 1. The molecule has 1 fully saturated rings. The molecule has 0 aromatic carbocycles. The molecule has 0 atom stereocenters. The van der Waals surface area contributed by atoms with Crippen molar-refractivity contribution < 1.29 is 9.53 Å². The van der Waals surface area contributed by atoms with Crippen LogP contribution in [0.3, 0.4) is 0 Å². The Morgan fingerprint density at radius 2 is 2.05 bits per heavy atom. The summed E-state index contributed by atoms with van der Waals surface area (Å²) in [5.74, 6) is 0.562. The number of carbonyl (C=O) groups excluding carboxylic acids is 1. The molecule has 0 radical (unpaired) electrons. The molecule has 1 aromatic heterocycles. The highest BCUT2D eigenvalue weighted by Gasteiger charge is 2.26. The molecular weight excluding hydrogens is 284 g/mol. The molecule has 0 saturated heterocycles.